The fourth-order valence-corrected chi connectivity index (χ4v) is 3.75. The van der Waals surface area contributed by atoms with E-state index in [1.54, 1.807) is 0 Å². The Kier molecular flexibility index (Phi) is 4.66. The van der Waals surface area contributed by atoms with Crippen LogP contribution in [0.2, 0.25) is 0 Å². The van der Waals surface area contributed by atoms with E-state index >= 15 is 0 Å². The summed E-state index contributed by atoms with van der Waals surface area (Å²) < 4.78 is 0. The van der Waals surface area contributed by atoms with Crippen LogP contribution in [0.15, 0.2) is 0 Å². The van der Waals surface area contributed by atoms with Gasteiger partial charge in [0.2, 0.25) is 0 Å². The van der Waals surface area contributed by atoms with Crippen LogP contribution in [0, 0.1) is 11.8 Å². The zero-order valence-electron chi connectivity index (χ0n) is 10.8. The van der Waals surface area contributed by atoms with Gasteiger partial charge in [-0.2, -0.15) is 0 Å². The average Bonchev–Trinajstić information content (AvgIpc) is 2.78. The van der Waals surface area contributed by atoms with Gasteiger partial charge in [-0.15, -0.1) is 0 Å². The number of rotatable bonds is 4. The summed E-state index contributed by atoms with van der Waals surface area (Å²) in [4.78, 5) is 2.75. The first-order valence-electron chi connectivity index (χ1n) is 7.29. The van der Waals surface area contributed by atoms with E-state index in [0.717, 1.165) is 24.4 Å². The second-order valence-electron chi connectivity index (χ2n) is 5.76. The first-order valence-corrected chi connectivity index (χ1v) is 7.29. The fourth-order valence-electron chi connectivity index (χ4n) is 3.75. The highest BCUT2D eigenvalue weighted by Gasteiger charge is 2.32. The van der Waals surface area contributed by atoms with Crippen LogP contribution in [0.25, 0.3) is 0 Å². The average molecular weight is 224 g/mol. The largest absolute Gasteiger partial charge is 0.330 e. The van der Waals surface area contributed by atoms with Gasteiger partial charge in [0.05, 0.1) is 0 Å². The van der Waals surface area contributed by atoms with Gasteiger partial charge in [-0.25, -0.2) is 0 Å². The molecule has 0 aromatic carbocycles. The van der Waals surface area contributed by atoms with Crippen LogP contribution in [-0.4, -0.2) is 30.6 Å². The van der Waals surface area contributed by atoms with Gasteiger partial charge in [0.15, 0.2) is 0 Å². The van der Waals surface area contributed by atoms with E-state index < -0.39 is 0 Å². The molecule has 1 aliphatic heterocycles. The van der Waals surface area contributed by atoms with E-state index in [4.69, 9.17) is 5.73 Å². The van der Waals surface area contributed by atoms with E-state index in [2.05, 4.69) is 11.8 Å². The summed E-state index contributed by atoms with van der Waals surface area (Å²) in [5.41, 5.74) is 5.88. The summed E-state index contributed by atoms with van der Waals surface area (Å²) in [7, 11) is 0. The molecule has 2 fully saturated rings. The zero-order valence-corrected chi connectivity index (χ0v) is 10.8. The molecule has 16 heavy (non-hydrogen) atoms. The van der Waals surface area contributed by atoms with E-state index in [1.165, 1.54) is 58.0 Å². The standard InChI is InChI=1S/C14H28N2/c1-2-4-12-7-9-16(10-8-12)14-6-3-5-13(14)11-15/h12-14H,2-11,15H2,1H3. The Labute approximate surface area is 101 Å². The second-order valence-corrected chi connectivity index (χ2v) is 5.76. The molecule has 0 aromatic rings. The molecule has 1 aliphatic carbocycles. The van der Waals surface area contributed by atoms with Gasteiger partial charge >= 0.3 is 0 Å². The molecule has 2 N–H and O–H groups in total. The van der Waals surface area contributed by atoms with Crippen LogP contribution in [-0.2, 0) is 0 Å². The molecule has 1 saturated heterocycles. The van der Waals surface area contributed by atoms with Crippen molar-refractivity contribution in [2.24, 2.45) is 17.6 Å². The SMILES string of the molecule is CCCC1CCN(C2CCCC2CN)CC1. The number of hydrogen-bond donors (Lipinski definition) is 1. The lowest BCUT2D eigenvalue weighted by Gasteiger charge is -2.38. The number of nitrogens with zero attached hydrogens (tertiary/aromatic N) is 1. The molecule has 0 radical (unpaired) electrons. The number of piperidine rings is 1. The molecule has 0 amide bonds. The second kappa shape index (κ2) is 6.02. The highest BCUT2D eigenvalue weighted by molar-refractivity contribution is 4.88. The summed E-state index contributed by atoms with van der Waals surface area (Å²) >= 11 is 0. The summed E-state index contributed by atoms with van der Waals surface area (Å²) in [6.45, 7) is 5.89. The Balaban J connectivity index is 1.79. The molecule has 2 heteroatoms. The van der Waals surface area contributed by atoms with Crippen molar-refractivity contribution in [3.8, 4) is 0 Å². The fraction of sp³-hybridized carbons (Fsp3) is 1.00. The molecule has 94 valence electrons. The topological polar surface area (TPSA) is 29.3 Å². The highest BCUT2D eigenvalue weighted by atomic mass is 15.2. The number of likely N-dealkylation sites (tertiary alicyclic amines) is 1. The van der Waals surface area contributed by atoms with Gasteiger partial charge in [-0.05, 0) is 57.2 Å². The smallest absolute Gasteiger partial charge is 0.0136 e. The molecule has 1 saturated carbocycles. The van der Waals surface area contributed by atoms with Crippen molar-refractivity contribution >= 4 is 0 Å². The maximum Gasteiger partial charge on any atom is 0.0136 e. The van der Waals surface area contributed by atoms with E-state index in [1.807, 2.05) is 0 Å². The summed E-state index contributed by atoms with van der Waals surface area (Å²) in [5.74, 6) is 1.81. The monoisotopic (exact) mass is 224 g/mol. The minimum absolute atomic E-state index is 0.794. The normalized spacial score (nSPS) is 33.4. The van der Waals surface area contributed by atoms with Crippen molar-refractivity contribution in [2.45, 2.75) is 57.9 Å². The van der Waals surface area contributed by atoms with Crippen molar-refractivity contribution in [3.63, 3.8) is 0 Å². The third kappa shape index (κ3) is 2.78. The maximum atomic E-state index is 5.88. The molecule has 2 rings (SSSR count). The van der Waals surface area contributed by atoms with Gasteiger partial charge in [0.25, 0.3) is 0 Å². The molecule has 2 atom stereocenters. The minimum atomic E-state index is 0.794. The lowest BCUT2D eigenvalue weighted by molar-refractivity contribution is 0.107. The van der Waals surface area contributed by atoms with Gasteiger partial charge in [0.1, 0.15) is 0 Å². The molecule has 0 aromatic heterocycles. The summed E-state index contributed by atoms with van der Waals surface area (Å²) in [6, 6.07) is 0.826. The van der Waals surface area contributed by atoms with Crippen LogP contribution in [0.3, 0.4) is 0 Å². The predicted molar refractivity (Wildman–Crippen MR) is 69.4 cm³/mol. The van der Waals surface area contributed by atoms with Gasteiger partial charge in [-0.3, -0.25) is 0 Å². The van der Waals surface area contributed by atoms with Gasteiger partial charge in [0, 0.05) is 6.04 Å². The van der Waals surface area contributed by atoms with Crippen molar-refractivity contribution in [2.75, 3.05) is 19.6 Å². The third-order valence-corrected chi connectivity index (χ3v) is 4.74. The predicted octanol–water partition coefficient (Wildman–Crippen LogP) is 2.63. The van der Waals surface area contributed by atoms with Gasteiger partial charge in [-0.1, -0.05) is 26.2 Å². The van der Waals surface area contributed by atoms with Gasteiger partial charge < -0.3 is 10.6 Å². The van der Waals surface area contributed by atoms with Crippen molar-refractivity contribution in [3.05, 3.63) is 0 Å². The Hall–Kier alpha value is -0.0800. The quantitative estimate of drug-likeness (QED) is 0.795. The Morgan fingerprint density at radius 3 is 2.50 bits per heavy atom. The van der Waals surface area contributed by atoms with E-state index in [-0.39, 0.29) is 0 Å². The molecular formula is C14H28N2. The minimum Gasteiger partial charge on any atom is -0.330 e. The Morgan fingerprint density at radius 1 is 1.12 bits per heavy atom. The van der Waals surface area contributed by atoms with Crippen LogP contribution >= 0.6 is 0 Å². The molecule has 0 bridgehead atoms. The molecule has 0 spiro atoms. The molecule has 2 nitrogen and oxygen atoms in total. The van der Waals surface area contributed by atoms with Crippen LogP contribution in [0.5, 0.6) is 0 Å². The van der Waals surface area contributed by atoms with Crippen molar-refractivity contribution in [1.82, 2.24) is 4.90 Å². The highest BCUT2D eigenvalue weighted by Crippen LogP contribution is 2.32. The first-order chi connectivity index (χ1) is 7.85. The maximum absolute atomic E-state index is 5.88. The van der Waals surface area contributed by atoms with E-state index in [0.29, 0.717) is 0 Å². The zero-order chi connectivity index (χ0) is 11.4. The molecule has 2 unspecified atom stereocenters. The number of hydrogen-bond acceptors (Lipinski definition) is 2. The molecular weight excluding hydrogens is 196 g/mol. The van der Waals surface area contributed by atoms with Crippen molar-refractivity contribution in [1.29, 1.82) is 0 Å². The van der Waals surface area contributed by atoms with E-state index in [9.17, 15) is 0 Å². The van der Waals surface area contributed by atoms with Crippen LogP contribution in [0.1, 0.15) is 51.9 Å². The van der Waals surface area contributed by atoms with Crippen molar-refractivity contribution < 1.29 is 0 Å². The third-order valence-electron chi connectivity index (χ3n) is 4.74. The first kappa shape index (κ1) is 12.4. The van der Waals surface area contributed by atoms with Crippen LogP contribution in [0.4, 0.5) is 0 Å². The molecule has 2 aliphatic rings. The lowest BCUT2D eigenvalue weighted by atomic mass is 9.90. The summed E-state index contributed by atoms with van der Waals surface area (Å²) in [6.07, 6.45) is 9.85. The summed E-state index contributed by atoms with van der Waals surface area (Å²) in [5, 5.41) is 0. The number of nitrogens with two attached hydrogens (primary N) is 1. The Bertz CT molecular complexity index is 197. The Morgan fingerprint density at radius 2 is 1.88 bits per heavy atom. The molecule has 1 heterocycles. The van der Waals surface area contributed by atoms with Crippen LogP contribution < -0.4 is 5.73 Å². The lowest BCUT2D eigenvalue weighted by Crippen LogP contribution is -2.44.